The number of hydrogen-bond acceptors (Lipinski definition) is 2. The second-order valence-corrected chi connectivity index (χ2v) is 4.45. The molecule has 3 N–H and O–H groups in total. The van der Waals surface area contributed by atoms with Crippen LogP contribution in [-0.2, 0) is 6.67 Å². The van der Waals surface area contributed by atoms with E-state index in [2.05, 4.69) is 5.32 Å². The van der Waals surface area contributed by atoms with Crippen LogP contribution in [0.2, 0.25) is 5.02 Å². The molecule has 0 heterocycles. The highest BCUT2D eigenvalue weighted by Gasteiger charge is 2.12. The quantitative estimate of drug-likeness (QED) is 0.842. The van der Waals surface area contributed by atoms with Crippen LogP contribution < -0.4 is 11.1 Å². The Hall–Kier alpha value is -2.07. The summed E-state index contributed by atoms with van der Waals surface area (Å²) < 4.78 is 12.8. The van der Waals surface area contributed by atoms with E-state index in [0.717, 1.165) is 0 Å². The summed E-state index contributed by atoms with van der Waals surface area (Å²) in [6, 6.07) is 11.2. The molecule has 0 radical (unpaired) electrons. The van der Waals surface area contributed by atoms with Gasteiger partial charge in [0.15, 0.2) is 0 Å². The lowest BCUT2D eigenvalue weighted by Gasteiger charge is -2.09. The molecule has 0 atom stereocenters. The third-order valence-electron chi connectivity index (χ3n) is 2.61. The molecule has 0 aliphatic carbocycles. The average Bonchev–Trinajstić information content (AvgIpc) is 2.38. The van der Waals surface area contributed by atoms with Crippen LogP contribution in [0.3, 0.4) is 0 Å². The van der Waals surface area contributed by atoms with Gasteiger partial charge in [-0.3, -0.25) is 4.79 Å². The molecule has 0 bridgehead atoms. The standard InChI is InChI=1S/C14H12ClFN2O/c15-10-5-4-9(8-16)13(6-10)14(19)18-12-3-1-2-11(17)7-12/h1-7H,8,17H2,(H,18,19). The number of nitrogen functional groups attached to an aromatic ring is 1. The Balaban J connectivity index is 2.27. The molecule has 0 unspecified atom stereocenters. The lowest BCUT2D eigenvalue weighted by Crippen LogP contribution is -2.14. The van der Waals surface area contributed by atoms with Crippen molar-refractivity contribution in [2.75, 3.05) is 11.1 Å². The van der Waals surface area contributed by atoms with Gasteiger partial charge in [0.1, 0.15) is 6.67 Å². The Morgan fingerprint density at radius 1 is 1.26 bits per heavy atom. The van der Waals surface area contributed by atoms with Crippen LogP contribution in [0.15, 0.2) is 42.5 Å². The summed E-state index contributed by atoms with van der Waals surface area (Å²) in [5.41, 5.74) is 7.23. The maximum absolute atomic E-state index is 12.8. The van der Waals surface area contributed by atoms with Gasteiger partial charge in [-0.1, -0.05) is 23.7 Å². The lowest BCUT2D eigenvalue weighted by molar-refractivity contribution is 0.102. The minimum Gasteiger partial charge on any atom is -0.399 e. The molecule has 0 aliphatic heterocycles. The minimum atomic E-state index is -0.725. The summed E-state index contributed by atoms with van der Waals surface area (Å²) in [5, 5.41) is 3.04. The number of amides is 1. The molecule has 5 heteroatoms. The minimum absolute atomic E-state index is 0.220. The van der Waals surface area contributed by atoms with Crippen molar-refractivity contribution >= 4 is 28.9 Å². The van der Waals surface area contributed by atoms with Crippen molar-refractivity contribution in [1.29, 1.82) is 0 Å². The largest absolute Gasteiger partial charge is 0.399 e. The maximum Gasteiger partial charge on any atom is 0.256 e. The monoisotopic (exact) mass is 278 g/mol. The highest BCUT2D eigenvalue weighted by atomic mass is 35.5. The van der Waals surface area contributed by atoms with E-state index in [-0.39, 0.29) is 5.56 Å². The zero-order chi connectivity index (χ0) is 13.8. The summed E-state index contributed by atoms with van der Waals surface area (Å²) in [7, 11) is 0. The summed E-state index contributed by atoms with van der Waals surface area (Å²) in [4.78, 5) is 12.1. The molecule has 0 fully saturated rings. The predicted octanol–water partition coefficient (Wildman–Crippen LogP) is 3.64. The highest BCUT2D eigenvalue weighted by Crippen LogP contribution is 2.19. The van der Waals surface area contributed by atoms with Crippen molar-refractivity contribution in [3.8, 4) is 0 Å². The summed E-state index contributed by atoms with van der Waals surface area (Å²) >= 11 is 5.82. The molecule has 19 heavy (non-hydrogen) atoms. The third-order valence-corrected chi connectivity index (χ3v) is 2.84. The topological polar surface area (TPSA) is 55.1 Å². The molecule has 0 aromatic heterocycles. The van der Waals surface area contributed by atoms with Gasteiger partial charge in [0.25, 0.3) is 5.91 Å². The first-order valence-electron chi connectivity index (χ1n) is 5.61. The van der Waals surface area contributed by atoms with Crippen LogP contribution in [0.4, 0.5) is 15.8 Å². The Morgan fingerprint density at radius 3 is 2.74 bits per heavy atom. The van der Waals surface area contributed by atoms with E-state index in [1.54, 1.807) is 30.3 Å². The maximum atomic E-state index is 12.8. The van der Waals surface area contributed by atoms with Gasteiger partial charge in [0.2, 0.25) is 0 Å². The van der Waals surface area contributed by atoms with Gasteiger partial charge < -0.3 is 11.1 Å². The fourth-order valence-corrected chi connectivity index (χ4v) is 1.86. The first-order chi connectivity index (χ1) is 9.10. The second kappa shape index (κ2) is 5.71. The van der Waals surface area contributed by atoms with Crippen molar-refractivity contribution in [1.82, 2.24) is 0 Å². The van der Waals surface area contributed by atoms with Gasteiger partial charge in [0, 0.05) is 22.0 Å². The number of nitrogens with two attached hydrogens (primary N) is 1. The van der Waals surface area contributed by atoms with Crippen LogP contribution in [0.5, 0.6) is 0 Å². The molecule has 2 aromatic carbocycles. The van der Waals surface area contributed by atoms with Crippen molar-refractivity contribution in [3.63, 3.8) is 0 Å². The molecular weight excluding hydrogens is 267 g/mol. The predicted molar refractivity (Wildman–Crippen MR) is 75.1 cm³/mol. The van der Waals surface area contributed by atoms with E-state index < -0.39 is 12.6 Å². The summed E-state index contributed by atoms with van der Waals surface area (Å²) in [5.74, 6) is -0.416. The number of hydrogen-bond donors (Lipinski definition) is 2. The van der Waals surface area contributed by atoms with Crippen molar-refractivity contribution < 1.29 is 9.18 Å². The fraction of sp³-hybridized carbons (Fsp3) is 0.0714. The summed E-state index contributed by atoms with van der Waals surface area (Å²) in [6.07, 6.45) is 0. The Labute approximate surface area is 115 Å². The van der Waals surface area contributed by atoms with Crippen molar-refractivity contribution in [2.45, 2.75) is 6.67 Å². The molecule has 2 aromatic rings. The number of rotatable bonds is 3. The zero-order valence-electron chi connectivity index (χ0n) is 9.99. The number of carbonyl (C=O) groups excluding carboxylic acids is 1. The van der Waals surface area contributed by atoms with E-state index in [1.165, 1.54) is 12.1 Å². The number of alkyl halides is 1. The fourth-order valence-electron chi connectivity index (χ4n) is 1.69. The van der Waals surface area contributed by atoms with Crippen LogP contribution in [0.1, 0.15) is 15.9 Å². The molecule has 0 aliphatic rings. The van der Waals surface area contributed by atoms with Crippen LogP contribution in [0.25, 0.3) is 0 Å². The molecule has 0 saturated heterocycles. The number of carbonyl (C=O) groups is 1. The van der Waals surface area contributed by atoms with Gasteiger partial charge in [0.05, 0.1) is 0 Å². The van der Waals surface area contributed by atoms with Crippen LogP contribution in [-0.4, -0.2) is 5.91 Å². The SMILES string of the molecule is Nc1cccc(NC(=O)c2cc(Cl)ccc2CF)c1. The first-order valence-corrected chi connectivity index (χ1v) is 5.99. The Bertz CT molecular complexity index is 616. The number of anilines is 2. The number of halogens is 2. The average molecular weight is 279 g/mol. The van der Waals surface area contributed by atoms with E-state index >= 15 is 0 Å². The van der Waals surface area contributed by atoms with E-state index in [4.69, 9.17) is 17.3 Å². The van der Waals surface area contributed by atoms with Gasteiger partial charge in [-0.25, -0.2) is 4.39 Å². The van der Waals surface area contributed by atoms with Gasteiger partial charge in [-0.05, 0) is 35.9 Å². The Kier molecular flexibility index (Phi) is 4.02. The molecule has 2 rings (SSSR count). The van der Waals surface area contributed by atoms with Gasteiger partial charge in [-0.15, -0.1) is 0 Å². The van der Waals surface area contributed by atoms with E-state index in [9.17, 15) is 9.18 Å². The number of nitrogens with one attached hydrogen (secondary N) is 1. The summed E-state index contributed by atoms with van der Waals surface area (Å²) in [6.45, 7) is -0.725. The van der Waals surface area contributed by atoms with E-state index in [1.807, 2.05) is 0 Å². The van der Waals surface area contributed by atoms with Crippen molar-refractivity contribution in [3.05, 3.63) is 58.6 Å². The third kappa shape index (κ3) is 3.23. The molecule has 0 spiro atoms. The molecule has 1 amide bonds. The zero-order valence-corrected chi connectivity index (χ0v) is 10.7. The van der Waals surface area contributed by atoms with Crippen LogP contribution >= 0.6 is 11.6 Å². The molecule has 98 valence electrons. The first kappa shape index (κ1) is 13.4. The molecular formula is C14H12ClFN2O. The number of benzene rings is 2. The lowest BCUT2D eigenvalue weighted by atomic mass is 10.1. The van der Waals surface area contributed by atoms with Crippen molar-refractivity contribution in [2.24, 2.45) is 0 Å². The highest BCUT2D eigenvalue weighted by molar-refractivity contribution is 6.31. The van der Waals surface area contributed by atoms with E-state index in [0.29, 0.717) is 22.0 Å². The second-order valence-electron chi connectivity index (χ2n) is 4.01. The smallest absolute Gasteiger partial charge is 0.256 e. The normalized spacial score (nSPS) is 10.2. The van der Waals surface area contributed by atoms with Gasteiger partial charge in [-0.2, -0.15) is 0 Å². The molecule has 0 saturated carbocycles. The molecule has 3 nitrogen and oxygen atoms in total. The Morgan fingerprint density at radius 2 is 2.05 bits per heavy atom. The van der Waals surface area contributed by atoms with Crippen LogP contribution in [0, 0.1) is 0 Å². The van der Waals surface area contributed by atoms with Gasteiger partial charge >= 0.3 is 0 Å².